The molecule has 1 amide bonds. The fraction of sp³-hybridized carbons (Fsp3) is 0.444. The molecule has 1 heterocycles. The lowest BCUT2D eigenvalue weighted by molar-refractivity contribution is -0.120. The van der Waals surface area contributed by atoms with Crippen molar-refractivity contribution >= 4 is 5.91 Å². The fourth-order valence-corrected chi connectivity index (χ4v) is 2.83. The number of ether oxygens (including phenoxy) is 1. The highest BCUT2D eigenvalue weighted by Gasteiger charge is 2.27. The molecular formula is C18H23N3O2. The van der Waals surface area contributed by atoms with Gasteiger partial charge in [-0.1, -0.05) is 12.1 Å². The lowest BCUT2D eigenvalue weighted by Gasteiger charge is -2.10. The quantitative estimate of drug-likeness (QED) is 0.854. The van der Waals surface area contributed by atoms with Gasteiger partial charge in [-0.25, -0.2) is 4.98 Å². The predicted octanol–water partition coefficient (Wildman–Crippen LogP) is 2.44. The van der Waals surface area contributed by atoms with Crippen LogP contribution in [0.25, 0.3) is 0 Å². The van der Waals surface area contributed by atoms with Gasteiger partial charge in [0.1, 0.15) is 11.6 Å². The lowest BCUT2D eigenvalue weighted by atomic mass is 10.1. The van der Waals surface area contributed by atoms with Gasteiger partial charge < -0.3 is 14.6 Å². The Bertz CT molecular complexity index is 689. The number of amides is 1. The Morgan fingerprint density at radius 3 is 2.96 bits per heavy atom. The zero-order chi connectivity index (χ0) is 16.2. The van der Waals surface area contributed by atoms with Crippen LogP contribution in [0, 0.1) is 6.92 Å². The largest absolute Gasteiger partial charge is 0.496 e. The van der Waals surface area contributed by atoms with Crippen LogP contribution < -0.4 is 10.1 Å². The Hall–Kier alpha value is -2.30. The van der Waals surface area contributed by atoms with E-state index in [-0.39, 0.29) is 5.91 Å². The number of carbonyl (C=O) groups excluding carboxylic acids is 1. The number of hydrogen-bond acceptors (Lipinski definition) is 3. The van der Waals surface area contributed by atoms with E-state index in [0.717, 1.165) is 29.2 Å². The second-order valence-electron chi connectivity index (χ2n) is 6.08. The van der Waals surface area contributed by atoms with Gasteiger partial charge in [-0.3, -0.25) is 4.79 Å². The van der Waals surface area contributed by atoms with Crippen molar-refractivity contribution in [1.82, 2.24) is 14.9 Å². The number of nitrogens with one attached hydrogen (secondary N) is 1. The van der Waals surface area contributed by atoms with Crippen LogP contribution in [0.1, 0.15) is 35.7 Å². The van der Waals surface area contributed by atoms with E-state index in [1.807, 2.05) is 37.5 Å². The normalized spacial score (nSPS) is 13.8. The van der Waals surface area contributed by atoms with E-state index in [9.17, 15) is 4.79 Å². The molecule has 2 aromatic rings. The van der Waals surface area contributed by atoms with Crippen molar-refractivity contribution in [2.45, 2.75) is 38.6 Å². The van der Waals surface area contributed by atoms with Crippen LogP contribution >= 0.6 is 0 Å². The van der Waals surface area contributed by atoms with Crippen molar-refractivity contribution in [2.24, 2.45) is 0 Å². The van der Waals surface area contributed by atoms with E-state index in [4.69, 9.17) is 4.74 Å². The molecule has 1 aromatic heterocycles. The summed E-state index contributed by atoms with van der Waals surface area (Å²) in [5.41, 5.74) is 2.05. The molecule has 1 fully saturated rings. The minimum atomic E-state index is 0.0441. The number of imidazole rings is 1. The van der Waals surface area contributed by atoms with Gasteiger partial charge in [0.05, 0.1) is 13.5 Å². The number of benzene rings is 1. The third-order valence-corrected chi connectivity index (χ3v) is 4.19. The molecule has 23 heavy (non-hydrogen) atoms. The minimum Gasteiger partial charge on any atom is -0.496 e. The minimum absolute atomic E-state index is 0.0441. The second-order valence-corrected chi connectivity index (χ2v) is 6.08. The highest BCUT2D eigenvalue weighted by molar-refractivity contribution is 5.78. The summed E-state index contributed by atoms with van der Waals surface area (Å²) in [6, 6.07) is 5.84. The third-order valence-electron chi connectivity index (χ3n) is 4.19. The molecule has 0 bridgehead atoms. The van der Waals surface area contributed by atoms with Gasteiger partial charge in [0.2, 0.25) is 5.91 Å². The Morgan fingerprint density at radius 2 is 2.26 bits per heavy atom. The Morgan fingerprint density at radius 1 is 1.43 bits per heavy atom. The molecule has 1 N–H and O–H groups in total. The lowest BCUT2D eigenvalue weighted by Crippen LogP contribution is -2.28. The van der Waals surface area contributed by atoms with Crippen LogP contribution in [0.5, 0.6) is 5.75 Å². The number of carbonyl (C=O) groups is 1. The fourth-order valence-electron chi connectivity index (χ4n) is 2.83. The first-order valence-electron chi connectivity index (χ1n) is 8.08. The first-order chi connectivity index (χ1) is 11.2. The highest BCUT2D eigenvalue weighted by Crippen LogP contribution is 2.38. The highest BCUT2D eigenvalue weighted by atomic mass is 16.5. The standard InChI is InChI=1S/C18H23N3O2/c1-13-11-14(3-6-16(13)23-2)12-17(22)19-7-9-21-10-8-20-18(21)15-4-5-15/h3,6,8,10-11,15H,4-5,7,9,12H2,1-2H3,(H,19,22). The zero-order valence-corrected chi connectivity index (χ0v) is 13.7. The topological polar surface area (TPSA) is 56.1 Å². The van der Waals surface area contributed by atoms with Crippen LogP contribution in [0.3, 0.4) is 0 Å². The first-order valence-corrected chi connectivity index (χ1v) is 8.08. The van der Waals surface area contributed by atoms with Crippen molar-refractivity contribution in [3.63, 3.8) is 0 Å². The Labute approximate surface area is 136 Å². The maximum Gasteiger partial charge on any atom is 0.224 e. The number of rotatable bonds is 7. The summed E-state index contributed by atoms with van der Waals surface area (Å²) < 4.78 is 7.39. The van der Waals surface area contributed by atoms with Crippen LogP contribution in [0.15, 0.2) is 30.6 Å². The number of aryl methyl sites for hydroxylation is 1. The smallest absolute Gasteiger partial charge is 0.224 e. The maximum atomic E-state index is 12.1. The van der Waals surface area contributed by atoms with E-state index < -0.39 is 0 Å². The summed E-state index contributed by atoms with van der Waals surface area (Å²) in [6.45, 7) is 3.39. The Kier molecular flexibility index (Phi) is 4.65. The van der Waals surface area contributed by atoms with E-state index >= 15 is 0 Å². The zero-order valence-electron chi connectivity index (χ0n) is 13.7. The summed E-state index contributed by atoms with van der Waals surface area (Å²) in [5.74, 6) is 2.68. The molecule has 5 nitrogen and oxygen atoms in total. The first kappa shape index (κ1) is 15.6. The van der Waals surface area contributed by atoms with Crippen molar-refractivity contribution in [1.29, 1.82) is 0 Å². The van der Waals surface area contributed by atoms with Gasteiger partial charge in [-0.2, -0.15) is 0 Å². The molecule has 0 aliphatic heterocycles. The number of nitrogens with zero attached hydrogens (tertiary/aromatic N) is 2. The molecule has 5 heteroatoms. The molecule has 0 atom stereocenters. The maximum absolute atomic E-state index is 12.1. The van der Waals surface area contributed by atoms with Crippen LogP contribution in [0.2, 0.25) is 0 Å². The van der Waals surface area contributed by atoms with Gasteiger partial charge in [0, 0.05) is 31.4 Å². The van der Waals surface area contributed by atoms with Gasteiger partial charge in [-0.05, 0) is 37.0 Å². The van der Waals surface area contributed by atoms with E-state index in [1.54, 1.807) is 7.11 Å². The summed E-state index contributed by atoms with van der Waals surface area (Å²) in [7, 11) is 1.65. The number of aromatic nitrogens is 2. The summed E-state index contributed by atoms with van der Waals surface area (Å²) in [6.07, 6.45) is 6.70. The number of methoxy groups -OCH3 is 1. The summed E-state index contributed by atoms with van der Waals surface area (Å²) in [5, 5.41) is 2.99. The summed E-state index contributed by atoms with van der Waals surface area (Å²) in [4.78, 5) is 16.5. The average Bonchev–Trinajstić information content (AvgIpc) is 3.27. The SMILES string of the molecule is COc1ccc(CC(=O)NCCn2ccnc2C2CC2)cc1C. The molecule has 1 aliphatic rings. The molecule has 122 valence electrons. The molecule has 3 rings (SSSR count). The van der Waals surface area contributed by atoms with E-state index in [0.29, 0.717) is 18.9 Å². The van der Waals surface area contributed by atoms with Gasteiger partial charge in [0.15, 0.2) is 0 Å². The van der Waals surface area contributed by atoms with Gasteiger partial charge >= 0.3 is 0 Å². The molecule has 0 unspecified atom stereocenters. The summed E-state index contributed by atoms with van der Waals surface area (Å²) >= 11 is 0. The molecule has 0 radical (unpaired) electrons. The molecule has 1 saturated carbocycles. The Balaban J connectivity index is 1.47. The number of hydrogen-bond donors (Lipinski definition) is 1. The second kappa shape index (κ2) is 6.86. The van der Waals surface area contributed by atoms with Gasteiger partial charge in [0.25, 0.3) is 0 Å². The van der Waals surface area contributed by atoms with Crippen LogP contribution in [0.4, 0.5) is 0 Å². The molecular weight excluding hydrogens is 290 g/mol. The molecule has 1 aromatic carbocycles. The molecule has 0 saturated heterocycles. The van der Waals surface area contributed by atoms with Crippen LogP contribution in [-0.2, 0) is 17.8 Å². The molecule has 0 spiro atoms. The van der Waals surface area contributed by atoms with E-state index in [2.05, 4.69) is 14.9 Å². The van der Waals surface area contributed by atoms with Crippen molar-refractivity contribution < 1.29 is 9.53 Å². The van der Waals surface area contributed by atoms with Crippen LogP contribution in [-0.4, -0.2) is 29.1 Å². The molecule has 1 aliphatic carbocycles. The average molecular weight is 313 g/mol. The van der Waals surface area contributed by atoms with Crippen molar-refractivity contribution in [3.05, 3.63) is 47.5 Å². The van der Waals surface area contributed by atoms with Gasteiger partial charge in [-0.15, -0.1) is 0 Å². The van der Waals surface area contributed by atoms with Crippen molar-refractivity contribution in [2.75, 3.05) is 13.7 Å². The predicted molar refractivity (Wildman–Crippen MR) is 88.6 cm³/mol. The monoisotopic (exact) mass is 313 g/mol. The van der Waals surface area contributed by atoms with Crippen molar-refractivity contribution in [3.8, 4) is 5.75 Å². The third kappa shape index (κ3) is 3.92. The van der Waals surface area contributed by atoms with E-state index in [1.165, 1.54) is 12.8 Å².